The number of hydrogen-bond donors (Lipinski definition) is 2. The van der Waals surface area contributed by atoms with Crippen LogP contribution in [0, 0.1) is 6.92 Å². The molecule has 88 valence electrons. The Kier molecular flexibility index (Phi) is 2.93. The summed E-state index contributed by atoms with van der Waals surface area (Å²) in [6.45, 7) is 1.52. The molecule has 0 aliphatic carbocycles. The first-order valence-electron chi connectivity index (χ1n) is 5.03. The van der Waals surface area contributed by atoms with Gasteiger partial charge in [0.2, 0.25) is 0 Å². The molecule has 0 spiro atoms. The fourth-order valence-corrected chi connectivity index (χ4v) is 1.56. The van der Waals surface area contributed by atoms with E-state index in [9.17, 15) is 9.90 Å². The van der Waals surface area contributed by atoms with E-state index < -0.39 is 12.6 Å². The van der Waals surface area contributed by atoms with Gasteiger partial charge in [0.25, 0.3) is 0 Å². The second-order valence-electron chi connectivity index (χ2n) is 3.67. The van der Waals surface area contributed by atoms with Crippen molar-refractivity contribution in [2.45, 2.75) is 13.5 Å². The van der Waals surface area contributed by atoms with Crippen molar-refractivity contribution < 1.29 is 19.5 Å². The summed E-state index contributed by atoms with van der Waals surface area (Å²) in [5, 5.41) is 21.5. The standard InChI is InChI=1S/C12H11NO4/c1-7-2-4-8(5-3-7)11-9(6-14)10(12(15)16)13-17-11/h2-5,14H,6H2,1H3,(H,15,16). The third-order valence-corrected chi connectivity index (χ3v) is 2.46. The molecule has 0 atom stereocenters. The van der Waals surface area contributed by atoms with Crippen LogP contribution in [0.4, 0.5) is 0 Å². The Labute approximate surface area is 97.3 Å². The van der Waals surface area contributed by atoms with Gasteiger partial charge in [-0.3, -0.25) is 0 Å². The van der Waals surface area contributed by atoms with E-state index in [1.54, 1.807) is 12.1 Å². The number of carboxylic acid groups (broad SMARTS) is 1. The topological polar surface area (TPSA) is 83.6 Å². The van der Waals surface area contributed by atoms with E-state index in [1.807, 2.05) is 19.1 Å². The molecule has 1 aromatic carbocycles. The molecule has 0 fully saturated rings. The highest BCUT2D eigenvalue weighted by Crippen LogP contribution is 2.26. The number of hydrogen-bond acceptors (Lipinski definition) is 4. The minimum absolute atomic E-state index is 0.196. The van der Waals surface area contributed by atoms with Crippen LogP contribution in [-0.4, -0.2) is 21.3 Å². The van der Waals surface area contributed by atoms with Crippen LogP contribution in [0.15, 0.2) is 28.8 Å². The van der Waals surface area contributed by atoms with Gasteiger partial charge in [-0.25, -0.2) is 4.79 Å². The fourth-order valence-electron chi connectivity index (χ4n) is 1.56. The summed E-state index contributed by atoms with van der Waals surface area (Å²) in [7, 11) is 0. The number of nitrogens with zero attached hydrogens (tertiary/aromatic N) is 1. The van der Waals surface area contributed by atoms with Crippen molar-refractivity contribution in [2.24, 2.45) is 0 Å². The summed E-state index contributed by atoms with van der Waals surface area (Å²) >= 11 is 0. The lowest BCUT2D eigenvalue weighted by atomic mass is 10.1. The molecule has 5 nitrogen and oxygen atoms in total. The Bertz CT molecular complexity index is 542. The predicted octanol–water partition coefficient (Wildman–Crippen LogP) is 1.84. The molecule has 5 heteroatoms. The van der Waals surface area contributed by atoms with Gasteiger partial charge in [-0.1, -0.05) is 35.0 Å². The summed E-state index contributed by atoms with van der Waals surface area (Å²) in [6, 6.07) is 7.33. The van der Waals surface area contributed by atoms with Gasteiger partial charge in [-0.05, 0) is 6.92 Å². The number of benzene rings is 1. The maximum Gasteiger partial charge on any atom is 0.358 e. The van der Waals surface area contributed by atoms with E-state index in [0.29, 0.717) is 11.3 Å². The molecule has 2 aromatic rings. The molecule has 1 heterocycles. The fraction of sp³-hybridized carbons (Fsp3) is 0.167. The van der Waals surface area contributed by atoms with E-state index in [-0.39, 0.29) is 11.3 Å². The van der Waals surface area contributed by atoms with E-state index >= 15 is 0 Å². The number of aliphatic hydroxyl groups is 1. The lowest BCUT2D eigenvalue weighted by Gasteiger charge is -1.99. The number of rotatable bonds is 3. The van der Waals surface area contributed by atoms with Gasteiger partial charge in [0, 0.05) is 5.56 Å². The molecule has 0 aliphatic rings. The Morgan fingerprint density at radius 2 is 2.00 bits per heavy atom. The van der Waals surface area contributed by atoms with Crippen LogP contribution in [0.25, 0.3) is 11.3 Å². The van der Waals surface area contributed by atoms with Gasteiger partial charge >= 0.3 is 5.97 Å². The molecular formula is C12H11NO4. The van der Waals surface area contributed by atoms with Crippen molar-refractivity contribution >= 4 is 5.97 Å². The zero-order valence-electron chi connectivity index (χ0n) is 9.17. The van der Waals surface area contributed by atoms with Crippen LogP contribution in [-0.2, 0) is 6.61 Å². The van der Waals surface area contributed by atoms with E-state index in [4.69, 9.17) is 9.63 Å². The molecule has 0 saturated carbocycles. The lowest BCUT2D eigenvalue weighted by Crippen LogP contribution is -2.01. The molecule has 0 aliphatic heterocycles. The smallest absolute Gasteiger partial charge is 0.358 e. The molecule has 0 bridgehead atoms. The average molecular weight is 233 g/mol. The first-order chi connectivity index (χ1) is 8.13. The van der Waals surface area contributed by atoms with Gasteiger partial charge < -0.3 is 14.7 Å². The molecule has 0 unspecified atom stereocenters. The Hall–Kier alpha value is -2.14. The first kappa shape index (κ1) is 11.3. The maximum atomic E-state index is 10.8. The Balaban J connectivity index is 2.52. The van der Waals surface area contributed by atoms with E-state index in [0.717, 1.165) is 5.56 Å². The average Bonchev–Trinajstić information content (AvgIpc) is 2.73. The van der Waals surface area contributed by atoms with Crippen LogP contribution in [0.2, 0.25) is 0 Å². The van der Waals surface area contributed by atoms with Crippen molar-refractivity contribution in [2.75, 3.05) is 0 Å². The first-order valence-corrected chi connectivity index (χ1v) is 5.03. The van der Waals surface area contributed by atoms with Crippen LogP contribution in [0.1, 0.15) is 21.6 Å². The molecule has 0 amide bonds. The third kappa shape index (κ3) is 2.05. The molecule has 1 aromatic heterocycles. The molecule has 0 saturated heterocycles. The number of carboxylic acids is 1. The summed E-state index contributed by atoms with van der Waals surface area (Å²) in [5.41, 5.74) is 1.72. The van der Waals surface area contributed by atoms with Crippen LogP contribution in [0.3, 0.4) is 0 Å². The third-order valence-electron chi connectivity index (χ3n) is 2.46. The summed E-state index contributed by atoms with van der Waals surface area (Å²) in [5.74, 6) is -0.916. The van der Waals surface area contributed by atoms with Crippen molar-refractivity contribution in [3.63, 3.8) is 0 Å². The van der Waals surface area contributed by atoms with E-state index in [2.05, 4.69) is 5.16 Å². The Morgan fingerprint density at radius 3 is 2.53 bits per heavy atom. The number of carbonyl (C=O) groups is 1. The number of aryl methyl sites for hydroxylation is 1. The largest absolute Gasteiger partial charge is 0.476 e. The predicted molar refractivity (Wildman–Crippen MR) is 59.6 cm³/mol. The maximum absolute atomic E-state index is 10.8. The number of aromatic nitrogens is 1. The molecule has 17 heavy (non-hydrogen) atoms. The summed E-state index contributed by atoms with van der Waals surface area (Å²) < 4.78 is 4.98. The van der Waals surface area contributed by atoms with Crippen molar-refractivity contribution in [3.8, 4) is 11.3 Å². The molecule has 2 rings (SSSR count). The van der Waals surface area contributed by atoms with Gasteiger partial charge in [0.05, 0.1) is 12.2 Å². The Morgan fingerprint density at radius 1 is 1.35 bits per heavy atom. The number of aromatic carboxylic acids is 1. The molecule has 0 radical (unpaired) electrons. The number of aliphatic hydroxyl groups excluding tert-OH is 1. The highest BCUT2D eigenvalue weighted by Gasteiger charge is 2.21. The monoisotopic (exact) mass is 233 g/mol. The van der Waals surface area contributed by atoms with E-state index in [1.165, 1.54) is 0 Å². The molecule has 2 N–H and O–H groups in total. The zero-order chi connectivity index (χ0) is 12.4. The van der Waals surface area contributed by atoms with Crippen LogP contribution < -0.4 is 0 Å². The van der Waals surface area contributed by atoms with Gasteiger partial charge in [0.15, 0.2) is 11.5 Å². The lowest BCUT2D eigenvalue weighted by molar-refractivity contribution is 0.0682. The molecular weight excluding hydrogens is 222 g/mol. The SMILES string of the molecule is Cc1ccc(-c2onc(C(=O)O)c2CO)cc1. The second-order valence-corrected chi connectivity index (χ2v) is 3.67. The normalized spacial score (nSPS) is 10.5. The quantitative estimate of drug-likeness (QED) is 0.845. The minimum atomic E-state index is -1.21. The highest BCUT2D eigenvalue weighted by molar-refractivity contribution is 5.89. The van der Waals surface area contributed by atoms with Gasteiger partial charge in [-0.2, -0.15) is 0 Å². The zero-order valence-corrected chi connectivity index (χ0v) is 9.17. The van der Waals surface area contributed by atoms with Crippen LogP contribution in [0.5, 0.6) is 0 Å². The second kappa shape index (κ2) is 4.39. The van der Waals surface area contributed by atoms with Crippen molar-refractivity contribution in [3.05, 3.63) is 41.1 Å². The van der Waals surface area contributed by atoms with Crippen molar-refractivity contribution in [1.82, 2.24) is 5.16 Å². The van der Waals surface area contributed by atoms with Crippen LogP contribution >= 0.6 is 0 Å². The van der Waals surface area contributed by atoms with Gasteiger partial charge in [-0.15, -0.1) is 0 Å². The highest BCUT2D eigenvalue weighted by atomic mass is 16.5. The summed E-state index contributed by atoms with van der Waals surface area (Å²) in [6.07, 6.45) is 0. The minimum Gasteiger partial charge on any atom is -0.476 e. The van der Waals surface area contributed by atoms with Crippen molar-refractivity contribution in [1.29, 1.82) is 0 Å². The van der Waals surface area contributed by atoms with Gasteiger partial charge in [0.1, 0.15) is 0 Å². The summed E-state index contributed by atoms with van der Waals surface area (Å²) in [4.78, 5) is 10.8.